The second kappa shape index (κ2) is 5.27. The lowest BCUT2D eigenvalue weighted by atomic mass is 10.3. The maximum atomic E-state index is 12.1. The van der Waals surface area contributed by atoms with E-state index < -0.39 is 16.0 Å². The van der Waals surface area contributed by atoms with E-state index in [1.54, 1.807) is 0 Å². The van der Waals surface area contributed by atoms with Crippen molar-refractivity contribution in [3.05, 3.63) is 0 Å². The molecule has 4 nitrogen and oxygen atoms in total. The Hall–Kier alpha value is -0.420. The van der Waals surface area contributed by atoms with Crippen molar-refractivity contribution >= 4 is 16.8 Å². The van der Waals surface area contributed by atoms with Gasteiger partial charge in [-0.3, -0.25) is 9.00 Å². The Morgan fingerprint density at radius 2 is 2.25 bits per heavy atom. The molecule has 0 radical (unpaired) electrons. The maximum absolute atomic E-state index is 12.1. The van der Waals surface area contributed by atoms with Gasteiger partial charge in [0.2, 0.25) is 0 Å². The molecule has 0 spiro atoms. The minimum absolute atomic E-state index is 0.0757. The van der Waals surface area contributed by atoms with Gasteiger partial charge in [-0.05, 0) is 31.6 Å². The third-order valence-electron chi connectivity index (χ3n) is 3.14. The first-order valence-corrected chi connectivity index (χ1v) is 7.17. The predicted molar refractivity (Wildman–Crippen MR) is 60.5 cm³/mol. The van der Waals surface area contributed by atoms with Crippen molar-refractivity contribution in [2.75, 3.05) is 19.5 Å². The van der Waals surface area contributed by atoms with E-state index in [-0.39, 0.29) is 18.0 Å². The quantitative estimate of drug-likeness (QED) is 0.675. The molecule has 2 aliphatic rings. The second-order valence-corrected chi connectivity index (χ2v) is 6.07. The summed E-state index contributed by atoms with van der Waals surface area (Å²) in [6.45, 7) is 0.758. The molecule has 0 bridgehead atoms. The summed E-state index contributed by atoms with van der Waals surface area (Å²) in [6, 6.07) is 0. The molecule has 0 amide bonds. The van der Waals surface area contributed by atoms with Gasteiger partial charge in [0.25, 0.3) is 0 Å². The lowest BCUT2D eigenvalue weighted by molar-refractivity contribution is -0.140. The van der Waals surface area contributed by atoms with Gasteiger partial charge in [0.15, 0.2) is 0 Å². The molecule has 1 aliphatic heterocycles. The molecule has 3 atom stereocenters. The highest BCUT2D eigenvalue weighted by atomic mass is 32.2. The topological polar surface area (TPSA) is 52.6 Å². The zero-order chi connectivity index (χ0) is 11.5. The van der Waals surface area contributed by atoms with Gasteiger partial charge < -0.3 is 9.47 Å². The number of hydrogen-bond acceptors (Lipinski definition) is 4. The van der Waals surface area contributed by atoms with Gasteiger partial charge in [-0.2, -0.15) is 0 Å². The van der Waals surface area contributed by atoms with Crippen molar-refractivity contribution in [2.45, 2.75) is 37.0 Å². The van der Waals surface area contributed by atoms with Crippen LogP contribution in [0, 0.1) is 5.92 Å². The molecular weight excluding hydrogens is 228 g/mol. The van der Waals surface area contributed by atoms with Crippen LogP contribution in [0.25, 0.3) is 0 Å². The number of rotatable bonds is 5. The van der Waals surface area contributed by atoms with Gasteiger partial charge in [0.1, 0.15) is 5.25 Å². The minimum atomic E-state index is -1.14. The van der Waals surface area contributed by atoms with Crippen LogP contribution < -0.4 is 0 Å². The summed E-state index contributed by atoms with van der Waals surface area (Å²) in [4.78, 5) is 11.6. The third kappa shape index (κ3) is 2.83. The van der Waals surface area contributed by atoms with Gasteiger partial charge >= 0.3 is 5.97 Å². The number of esters is 1. The summed E-state index contributed by atoms with van der Waals surface area (Å²) >= 11 is 0. The molecule has 1 aliphatic carbocycles. The Morgan fingerprint density at radius 3 is 2.75 bits per heavy atom. The predicted octanol–water partition coefficient (Wildman–Crippen LogP) is 0.866. The molecule has 0 aromatic carbocycles. The first-order valence-electron chi connectivity index (χ1n) is 5.79. The molecular formula is C11H18O4S. The van der Waals surface area contributed by atoms with E-state index in [2.05, 4.69) is 0 Å². The Bertz CT molecular complexity index is 282. The van der Waals surface area contributed by atoms with Crippen molar-refractivity contribution in [2.24, 2.45) is 5.92 Å². The Morgan fingerprint density at radius 1 is 1.50 bits per heavy atom. The fraction of sp³-hybridized carbons (Fsp3) is 0.909. The van der Waals surface area contributed by atoms with E-state index in [1.165, 1.54) is 7.11 Å². The first-order chi connectivity index (χ1) is 7.72. The number of methoxy groups -OCH3 is 1. The molecule has 2 rings (SSSR count). The fourth-order valence-electron chi connectivity index (χ4n) is 2.09. The molecule has 3 unspecified atom stereocenters. The summed E-state index contributed by atoms with van der Waals surface area (Å²) in [6.07, 6.45) is 4.07. The molecule has 2 fully saturated rings. The fourth-order valence-corrected chi connectivity index (χ4v) is 3.94. The van der Waals surface area contributed by atoms with Crippen LogP contribution in [0.2, 0.25) is 0 Å². The molecule has 1 heterocycles. The highest BCUT2D eigenvalue weighted by Gasteiger charge is 2.41. The van der Waals surface area contributed by atoms with Crippen LogP contribution in [-0.2, 0) is 25.1 Å². The summed E-state index contributed by atoms with van der Waals surface area (Å²) < 4.78 is 22.3. The highest BCUT2D eigenvalue weighted by molar-refractivity contribution is 7.86. The van der Waals surface area contributed by atoms with Crippen molar-refractivity contribution in [3.8, 4) is 0 Å². The van der Waals surface area contributed by atoms with Gasteiger partial charge in [0.05, 0.1) is 19.0 Å². The van der Waals surface area contributed by atoms with Crippen molar-refractivity contribution in [1.82, 2.24) is 0 Å². The zero-order valence-corrected chi connectivity index (χ0v) is 10.3. The summed E-state index contributed by atoms with van der Waals surface area (Å²) in [5, 5.41) is -0.422. The molecule has 0 aromatic heterocycles. The average molecular weight is 246 g/mol. The Balaban J connectivity index is 1.91. The van der Waals surface area contributed by atoms with Gasteiger partial charge in [0, 0.05) is 17.4 Å². The summed E-state index contributed by atoms with van der Waals surface area (Å²) in [5.41, 5.74) is 0. The Kier molecular flexibility index (Phi) is 3.97. The molecule has 0 N–H and O–H groups in total. The van der Waals surface area contributed by atoms with Gasteiger partial charge in [-0.25, -0.2) is 0 Å². The lowest BCUT2D eigenvalue weighted by Crippen LogP contribution is -2.33. The van der Waals surface area contributed by atoms with Crippen LogP contribution in [0.1, 0.15) is 25.7 Å². The number of carbonyl (C=O) groups excluding carboxylic acids is 1. The van der Waals surface area contributed by atoms with Crippen LogP contribution in [0.4, 0.5) is 0 Å². The highest BCUT2D eigenvalue weighted by Crippen LogP contribution is 2.36. The van der Waals surface area contributed by atoms with Crippen molar-refractivity contribution in [1.29, 1.82) is 0 Å². The van der Waals surface area contributed by atoms with Crippen LogP contribution >= 0.6 is 0 Å². The van der Waals surface area contributed by atoms with E-state index in [0.717, 1.165) is 32.3 Å². The number of carbonyl (C=O) groups is 1. The smallest absolute Gasteiger partial charge is 0.321 e. The molecule has 1 saturated carbocycles. The van der Waals surface area contributed by atoms with Gasteiger partial charge in [-0.15, -0.1) is 0 Å². The minimum Gasteiger partial charge on any atom is -0.468 e. The third-order valence-corrected chi connectivity index (χ3v) is 4.99. The van der Waals surface area contributed by atoms with Crippen molar-refractivity contribution in [3.63, 3.8) is 0 Å². The molecule has 0 aromatic rings. The van der Waals surface area contributed by atoms with Gasteiger partial charge in [-0.1, -0.05) is 0 Å². The average Bonchev–Trinajstić information content (AvgIpc) is 2.96. The number of hydrogen-bond donors (Lipinski definition) is 0. The van der Waals surface area contributed by atoms with E-state index in [0.29, 0.717) is 5.75 Å². The first kappa shape index (κ1) is 12.0. The monoisotopic (exact) mass is 246 g/mol. The molecule has 92 valence electrons. The van der Waals surface area contributed by atoms with Crippen LogP contribution in [0.3, 0.4) is 0 Å². The molecule has 5 heteroatoms. The molecule has 16 heavy (non-hydrogen) atoms. The SMILES string of the molecule is COC(=O)C(C1CC1)S(=O)CC1CCCO1. The largest absolute Gasteiger partial charge is 0.468 e. The second-order valence-electron chi connectivity index (χ2n) is 4.46. The van der Waals surface area contributed by atoms with Crippen molar-refractivity contribution < 1.29 is 18.5 Å². The van der Waals surface area contributed by atoms with E-state index in [1.807, 2.05) is 0 Å². The van der Waals surface area contributed by atoms with Crippen LogP contribution in [0.15, 0.2) is 0 Å². The lowest BCUT2D eigenvalue weighted by Gasteiger charge is -2.16. The Labute approximate surface area is 98.1 Å². The number of ether oxygens (including phenoxy) is 2. The maximum Gasteiger partial charge on any atom is 0.321 e. The van der Waals surface area contributed by atoms with E-state index >= 15 is 0 Å². The van der Waals surface area contributed by atoms with Crippen LogP contribution in [0.5, 0.6) is 0 Å². The normalized spacial score (nSPS) is 28.7. The van der Waals surface area contributed by atoms with Crippen LogP contribution in [-0.4, -0.2) is 41.0 Å². The molecule has 1 saturated heterocycles. The summed E-state index contributed by atoms with van der Waals surface area (Å²) in [5.74, 6) is 0.435. The van der Waals surface area contributed by atoms with E-state index in [9.17, 15) is 9.00 Å². The standard InChI is InChI=1S/C11H18O4S/c1-14-11(12)10(8-4-5-8)16(13)7-9-3-2-6-15-9/h8-10H,2-7H2,1H3. The summed E-state index contributed by atoms with van der Waals surface area (Å²) in [7, 11) is 0.217. The van der Waals surface area contributed by atoms with E-state index in [4.69, 9.17) is 9.47 Å². The zero-order valence-electron chi connectivity index (χ0n) is 9.52.